The smallest absolute Gasteiger partial charge is 0.252 e. The third-order valence-corrected chi connectivity index (χ3v) is 7.58. The van der Waals surface area contributed by atoms with Crippen LogP contribution in [0.15, 0.2) is 16.3 Å². The molecule has 118 valence electrons. The second-order valence-corrected chi connectivity index (χ2v) is 9.23. The molecule has 1 aliphatic heterocycles. The van der Waals surface area contributed by atoms with E-state index in [0.717, 1.165) is 37.0 Å². The zero-order valence-corrected chi connectivity index (χ0v) is 14.0. The summed E-state index contributed by atoms with van der Waals surface area (Å²) in [5.41, 5.74) is 0. The van der Waals surface area contributed by atoms with E-state index in [1.165, 1.54) is 24.2 Å². The van der Waals surface area contributed by atoms with E-state index in [1.54, 1.807) is 10.4 Å². The summed E-state index contributed by atoms with van der Waals surface area (Å²) < 4.78 is 27.4. The Hall–Kier alpha value is -0.470. The molecule has 3 rings (SSSR count). The fourth-order valence-corrected chi connectivity index (χ4v) is 5.66. The second kappa shape index (κ2) is 6.34. The summed E-state index contributed by atoms with van der Waals surface area (Å²) in [7, 11) is -1.43. The summed E-state index contributed by atoms with van der Waals surface area (Å²) in [4.78, 5) is 3.47. The largest absolute Gasteiger partial charge is 0.315 e. The molecule has 1 aliphatic carbocycles. The van der Waals surface area contributed by atoms with Crippen LogP contribution in [0, 0.1) is 5.92 Å². The molecule has 1 saturated carbocycles. The van der Waals surface area contributed by atoms with Crippen LogP contribution in [0.5, 0.6) is 0 Å². The van der Waals surface area contributed by atoms with Crippen molar-refractivity contribution >= 4 is 21.4 Å². The Kier molecular flexibility index (Phi) is 4.66. The van der Waals surface area contributed by atoms with Gasteiger partial charge in [0.1, 0.15) is 4.21 Å². The lowest BCUT2D eigenvalue weighted by Gasteiger charge is -2.33. The van der Waals surface area contributed by atoms with E-state index >= 15 is 0 Å². The maximum absolute atomic E-state index is 12.6. The number of piperazine rings is 1. The molecule has 0 radical (unpaired) electrons. The molecule has 0 aromatic carbocycles. The van der Waals surface area contributed by atoms with Gasteiger partial charge in [-0.05, 0) is 37.9 Å². The fourth-order valence-electron chi connectivity index (χ4n) is 2.71. The lowest BCUT2D eigenvalue weighted by Crippen LogP contribution is -2.48. The van der Waals surface area contributed by atoms with Crippen molar-refractivity contribution < 1.29 is 8.42 Å². The number of rotatable bonds is 6. The Morgan fingerprint density at radius 3 is 2.57 bits per heavy atom. The number of hydrogen-bond acceptors (Lipinski definition) is 5. The number of nitrogens with zero attached hydrogens (tertiary/aromatic N) is 2. The van der Waals surface area contributed by atoms with Crippen molar-refractivity contribution in [2.75, 3.05) is 39.8 Å². The molecule has 7 heteroatoms. The summed E-state index contributed by atoms with van der Waals surface area (Å²) in [5.74, 6) is 0.870. The highest BCUT2D eigenvalue weighted by molar-refractivity contribution is 7.91. The summed E-state index contributed by atoms with van der Waals surface area (Å²) in [6, 6.07) is 3.64. The Morgan fingerprint density at radius 2 is 1.95 bits per heavy atom. The van der Waals surface area contributed by atoms with Crippen molar-refractivity contribution in [1.29, 1.82) is 0 Å². The molecule has 0 bridgehead atoms. The van der Waals surface area contributed by atoms with Crippen LogP contribution < -0.4 is 5.32 Å². The lowest BCUT2D eigenvalue weighted by molar-refractivity contribution is 0.182. The zero-order valence-electron chi connectivity index (χ0n) is 12.4. The minimum Gasteiger partial charge on any atom is -0.315 e. The molecule has 2 fully saturated rings. The average Bonchev–Trinajstić information content (AvgIpc) is 3.15. The van der Waals surface area contributed by atoms with Gasteiger partial charge in [0.25, 0.3) is 10.0 Å². The van der Waals surface area contributed by atoms with Crippen molar-refractivity contribution in [2.24, 2.45) is 5.92 Å². The highest BCUT2D eigenvalue weighted by Gasteiger charge is 2.31. The van der Waals surface area contributed by atoms with Crippen molar-refractivity contribution in [3.8, 4) is 0 Å². The van der Waals surface area contributed by atoms with Gasteiger partial charge in [-0.15, -0.1) is 11.3 Å². The summed E-state index contributed by atoms with van der Waals surface area (Å²) in [6.45, 7) is 4.84. The van der Waals surface area contributed by atoms with Gasteiger partial charge in [0.15, 0.2) is 0 Å². The number of thiophene rings is 1. The summed E-state index contributed by atoms with van der Waals surface area (Å²) in [6.07, 6.45) is 2.70. The first-order valence-corrected chi connectivity index (χ1v) is 9.81. The predicted octanol–water partition coefficient (Wildman–Crippen LogP) is 1.18. The molecule has 0 spiro atoms. The molecule has 1 saturated heterocycles. The third kappa shape index (κ3) is 3.65. The third-order valence-electron chi connectivity index (χ3n) is 4.13. The average molecular weight is 329 g/mol. The Morgan fingerprint density at radius 1 is 1.24 bits per heavy atom. The first kappa shape index (κ1) is 15.4. The number of sulfonamides is 1. The Bertz CT molecular complexity index is 573. The van der Waals surface area contributed by atoms with Crippen LogP contribution in [0.4, 0.5) is 0 Å². The summed E-state index contributed by atoms with van der Waals surface area (Å²) in [5, 5.41) is 3.05. The van der Waals surface area contributed by atoms with Gasteiger partial charge in [-0.1, -0.05) is 0 Å². The molecule has 1 N–H and O–H groups in total. The minimum atomic E-state index is -3.30. The van der Waals surface area contributed by atoms with E-state index < -0.39 is 10.0 Å². The molecule has 1 aromatic heterocycles. The Balaban J connectivity index is 1.61. The van der Waals surface area contributed by atoms with Gasteiger partial charge in [0.05, 0.1) is 0 Å². The van der Waals surface area contributed by atoms with Gasteiger partial charge in [-0.2, -0.15) is 4.31 Å². The second-order valence-electron chi connectivity index (χ2n) is 5.90. The van der Waals surface area contributed by atoms with Gasteiger partial charge >= 0.3 is 0 Å². The fraction of sp³-hybridized carbons (Fsp3) is 0.714. The molecule has 2 aliphatic rings. The van der Waals surface area contributed by atoms with Crippen LogP contribution in [-0.4, -0.2) is 57.4 Å². The van der Waals surface area contributed by atoms with Crippen molar-refractivity contribution in [3.63, 3.8) is 0 Å². The topological polar surface area (TPSA) is 52.7 Å². The predicted molar refractivity (Wildman–Crippen MR) is 85.0 cm³/mol. The normalized spacial score (nSPS) is 21.8. The van der Waals surface area contributed by atoms with Crippen LogP contribution in [0.3, 0.4) is 0 Å². The first-order chi connectivity index (χ1) is 10.1. The highest BCUT2D eigenvalue weighted by atomic mass is 32.2. The molecule has 0 unspecified atom stereocenters. The van der Waals surface area contributed by atoms with Crippen LogP contribution in [-0.2, 0) is 16.6 Å². The molecule has 0 amide bonds. The van der Waals surface area contributed by atoms with Crippen molar-refractivity contribution in [1.82, 2.24) is 14.5 Å². The lowest BCUT2D eigenvalue weighted by atomic mass is 10.3. The van der Waals surface area contributed by atoms with Gasteiger partial charge in [0.2, 0.25) is 0 Å². The number of hydrogen-bond donors (Lipinski definition) is 1. The van der Waals surface area contributed by atoms with Gasteiger partial charge in [0, 0.05) is 44.1 Å². The van der Waals surface area contributed by atoms with E-state index in [-0.39, 0.29) is 0 Å². The SMILES string of the molecule is CNCc1ccc(S(=O)(=O)N2CCN(CC3CC3)CC2)s1. The molecule has 0 atom stereocenters. The number of nitrogens with one attached hydrogen (secondary N) is 1. The molecule has 5 nitrogen and oxygen atoms in total. The van der Waals surface area contributed by atoms with E-state index in [2.05, 4.69) is 10.2 Å². The van der Waals surface area contributed by atoms with Gasteiger partial charge < -0.3 is 10.2 Å². The zero-order chi connectivity index (χ0) is 14.9. The van der Waals surface area contributed by atoms with Crippen LogP contribution >= 0.6 is 11.3 Å². The molecule has 1 aromatic rings. The Labute approximate surface area is 131 Å². The molecule has 2 heterocycles. The van der Waals surface area contributed by atoms with Crippen molar-refractivity contribution in [3.05, 3.63) is 17.0 Å². The van der Waals surface area contributed by atoms with Crippen LogP contribution in [0.2, 0.25) is 0 Å². The van der Waals surface area contributed by atoms with Crippen molar-refractivity contribution in [2.45, 2.75) is 23.6 Å². The van der Waals surface area contributed by atoms with E-state index in [9.17, 15) is 8.42 Å². The maximum Gasteiger partial charge on any atom is 0.252 e. The highest BCUT2D eigenvalue weighted by Crippen LogP contribution is 2.30. The molecular weight excluding hydrogens is 306 g/mol. The van der Waals surface area contributed by atoms with E-state index in [1.807, 2.05) is 13.1 Å². The molecular formula is C14H23N3O2S2. The monoisotopic (exact) mass is 329 g/mol. The van der Waals surface area contributed by atoms with Gasteiger partial charge in [-0.25, -0.2) is 8.42 Å². The van der Waals surface area contributed by atoms with Crippen LogP contribution in [0.1, 0.15) is 17.7 Å². The minimum absolute atomic E-state index is 0.475. The molecule has 21 heavy (non-hydrogen) atoms. The van der Waals surface area contributed by atoms with Crippen LogP contribution in [0.25, 0.3) is 0 Å². The quantitative estimate of drug-likeness (QED) is 0.852. The van der Waals surface area contributed by atoms with E-state index in [0.29, 0.717) is 17.3 Å². The standard InChI is InChI=1S/C14H23N3O2S2/c1-15-10-13-4-5-14(20-13)21(18,19)17-8-6-16(7-9-17)11-12-2-3-12/h4-5,12,15H,2-3,6-11H2,1H3. The van der Waals surface area contributed by atoms with E-state index in [4.69, 9.17) is 0 Å². The van der Waals surface area contributed by atoms with Gasteiger partial charge in [-0.3, -0.25) is 0 Å². The summed E-state index contributed by atoms with van der Waals surface area (Å²) >= 11 is 1.37. The maximum atomic E-state index is 12.6. The first-order valence-electron chi connectivity index (χ1n) is 7.55.